The van der Waals surface area contributed by atoms with Gasteiger partial charge in [-0.25, -0.2) is 4.98 Å². The Hall–Kier alpha value is -1.88. The van der Waals surface area contributed by atoms with Crippen LogP contribution in [-0.2, 0) is 6.54 Å². The second-order valence-electron chi connectivity index (χ2n) is 9.50. The number of likely N-dealkylation sites (tertiary alicyclic amines) is 1. The van der Waals surface area contributed by atoms with Gasteiger partial charge in [0.2, 0.25) is 0 Å². The van der Waals surface area contributed by atoms with E-state index in [0.29, 0.717) is 27.4 Å². The highest BCUT2D eigenvalue weighted by Gasteiger charge is 2.24. The van der Waals surface area contributed by atoms with E-state index in [0.717, 1.165) is 48.5 Å². The summed E-state index contributed by atoms with van der Waals surface area (Å²) in [5.41, 5.74) is 2.65. The molecule has 1 aliphatic heterocycles. The van der Waals surface area contributed by atoms with Gasteiger partial charge in [-0.15, -0.1) is 0 Å². The van der Waals surface area contributed by atoms with Crippen molar-refractivity contribution in [1.29, 1.82) is 0 Å². The molecule has 0 aliphatic carbocycles. The minimum Gasteiger partial charge on any atom is -0.301 e. The summed E-state index contributed by atoms with van der Waals surface area (Å²) in [5, 5.41) is 1.67. The predicted octanol–water partition coefficient (Wildman–Crippen LogP) is 6.61. The van der Waals surface area contributed by atoms with Crippen molar-refractivity contribution in [3.63, 3.8) is 0 Å². The molecule has 1 atom stereocenters. The lowest BCUT2D eigenvalue weighted by Gasteiger charge is -2.36. The van der Waals surface area contributed by atoms with Gasteiger partial charge >= 0.3 is 0 Å². The molecule has 2 aromatic carbocycles. The van der Waals surface area contributed by atoms with Gasteiger partial charge in [0.15, 0.2) is 0 Å². The lowest BCUT2D eigenvalue weighted by Crippen LogP contribution is -2.42. The molecular weight excluding hydrogens is 441 g/mol. The Bertz CT molecular complexity index is 1190. The van der Waals surface area contributed by atoms with Gasteiger partial charge in [-0.3, -0.25) is 9.36 Å². The molecule has 4 nitrogen and oxygen atoms in total. The van der Waals surface area contributed by atoms with E-state index in [1.165, 1.54) is 6.42 Å². The van der Waals surface area contributed by atoms with Gasteiger partial charge in [0.05, 0.1) is 20.9 Å². The van der Waals surface area contributed by atoms with Crippen LogP contribution < -0.4 is 5.56 Å². The number of hydrogen-bond acceptors (Lipinski definition) is 3. The van der Waals surface area contributed by atoms with Crippen molar-refractivity contribution in [2.75, 3.05) is 13.1 Å². The molecule has 0 saturated carbocycles. The molecule has 170 valence electrons. The molecule has 0 spiro atoms. The maximum Gasteiger partial charge on any atom is 0.261 e. The van der Waals surface area contributed by atoms with Crippen LogP contribution in [0.5, 0.6) is 0 Å². The predicted molar refractivity (Wildman–Crippen MR) is 135 cm³/mol. The molecule has 0 radical (unpaired) electrons. The molecule has 1 saturated heterocycles. The number of benzene rings is 2. The minimum atomic E-state index is 0.0438. The zero-order valence-electron chi connectivity index (χ0n) is 19.2. The summed E-state index contributed by atoms with van der Waals surface area (Å²) in [5.74, 6) is 1.50. The van der Waals surface area contributed by atoms with Gasteiger partial charge in [-0.05, 0) is 74.5 Å². The van der Waals surface area contributed by atoms with Gasteiger partial charge in [-0.2, -0.15) is 0 Å². The molecule has 1 aromatic heterocycles. The standard InChI is InChI=1S/C26H31Cl2N3O/c1-16(2)25-29-24-10-8-19(20-7-9-22(27)23(28)13-20)12-21(24)26(32)31(25)15-18-6-5-11-30(14-18)17(3)4/h7-10,12-13,16-18H,5-6,11,14-15H2,1-4H3/t18-/m0/s1. The molecule has 0 amide bonds. The molecule has 1 aliphatic rings. The molecule has 0 bridgehead atoms. The van der Waals surface area contributed by atoms with Crippen LogP contribution in [0.15, 0.2) is 41.2 Å². The van der Waals surface area contributed by atoms with Gasteiger partial charge in [0.1, 0.15) is 5.82 Å². The smallest absolute Gasteiger partial charge is 0.261 e. The summed E-state index contributed by atoms with van der Waals surface area (Å²) in [6.45, 7) is 11.6. The molecule has 32 heavy (non-hydrogen) atoms. The SMILES string of the molecule is CC(C)c1nc2ccc(-c3ccc(Cl)c(Cl)c3)cc2c(=O)n1C[C@H]1CCCN(C(C)C)C1. The Kier molecular flexibility index (Phi) is 6.94. The van der Waals surface area contributed by atoms with Crippen LogP contribution in [0.25, 0.3) is 22.0 Å². The molecule has 2 heterocycles. The highest BCUT2D eigenvalue weighted by molar-refractivity contribution is 6.42. The summed E-state index contributed by atoms with van der Waals surface area (Å²) in [4.78, 5) is 21.2. The van der Waals surface area contributed by atoms with E-state index < -0.39 is 0 Å². The van der Waals surface area contributed by atoms with Crippen molar-refractivity contribution < 1.29 is 0 Å². The van der Waals surface area contributed by atoms with E-state index in [4.69, 9.17) is 28.2 Å². The largest absolute Gasteiger partial charge is 0.301 e. The summed E-state index contributed by atoms with van der Waals surface area (Å²) < 4.78 is 1.93. The van der Waals surface area contributed by atoms with Crippen LogP contribution in [0.1, 0.15) is 52.3 Å². The number of hydrogen-bond donors (Lipinski definition) is 0. The van der Waals surface area contributed by atoms with Crippen molar-refractivity contribution in [3.05, 3.63) is 62.6 Å². The molecule has 3 aromatic rings. The van der Waals surface area contributed by atoms with E-state index in [2.05, 4.69) is 32.6 Å². The minimum absolute atomic E-state index is 0.0438. The maximum atomic E-state index is 13.7. The van der Waals surface area contributed by atoms with Crippen LogP contribution in [0.4, 0.5) is 0 Å². The monoisotopic (exact) mass is 471 g/mol. The Labute approximate surface area is 200 Å². The lowest BCUT2D eigenvalue weighted by atomic mass is 9.96. The third-order valence-electron chi connectivity index (χ3n) is 6.47. The van der Waals surface area contributed by atoms with Crippen molar-refractivity contribution in [2.45, 2.75) is 59.0 Å². The van der Waals surface area contributed by atoms with E-state index in [9.17, 15) is 4.79 Å². The summed E-state index contributed by atoms with van der Waals surface area (Å²) >= 11 is 12.3. The van der Waals surface area contributed by atoms with Gasteiger partial charge in [0.25, 0.3) is 5.56 Å². The first-order chi connectivity index (χ1) is 15.2. The summed E-state index contributed by atoms with van der Waals surface area (Å²) in [6, 6.07) is 11.9. The number of halogens is 2. The number of fused-ring (bicyclic) bond motifs is 1. The molecule has 6 heteroatoms. The summed E-state index contributed by atoms with van der Waals surface area (Å²) in [7, 11) is 0. The van der Waals surface area contributed by atoms with Crippen molar-refractivity contribution >= 4 is 34.1 Å². The molecule has 0 N–H and O–H groups in total. The van der Waals surface area contributed by atoms with Crippen LogP contribution >= 0.6 is 23.2 Å². The second kappa shape index (κ2) is 9.54. The van der Waals surface area contributed by atoms with Gasteiger partial charge < -0.3 is 4.90 Å². The number of aromatic nitrogens is 2. The fourth-order valence-electron chi connectivity index (χ4n) is 4.68. The van der Waals surface area contributed by atoms with Crippen molar-refractivity contribution in [3.8, 4) is 11.1 Å². The van der Waals surface area contributed by atoms with E-state index in [-0.39, 0.29) is 11.5 Å². The van der Waals surface area contributed by atoms with Crippen LogP contribution in [-0.4, -0.2) is 33.6 Å². The fraction of sp³-hybridized carbons (Fsp3) is 0.462. The van der Waals surface area contributed by atoms with Gasteiger partial charge in [0, 0.05) is 25.0 Å². The lowest BCUT2D eigenvalue weighted by molar-refractivity contribution is 0.129. The first kappa shape index (κ1) is 23.3. The second-order valence-corrected chi connectivity index (χ2v) is 10.3. The Balaban J connectivity index is 1.77. The van der Waals surface area contributed by atoms with Crippen LogP contribution in [0, 0.1) is 5.92 Å². The Morgan fingerprint density at radius 3 is 2.44 bits per heavy atom. The molecule has 0 unspecified atom stereocenters. The average Bonchev–Trinajstić information content (AvgIpc) is 2.77. The number of rotatable bonds is 5. The average molecular weight is 472 g/mol. The van der Waals surface area contributed by atoms with E-state index in [1.807, 2.05) is 34.9 Å². The van der Waals surface area contributed by atoms with Crippen LogP contribution in [0.3, 0.4) is 0 Å². The maximum absolute atomic E-state index is 13.7. The Morgan fingerprint density at radius 2 is 1.75 bits per heavy atom. The zero-order chi connectivity index (χ0) is 23.0. The first-order valence-electron chi connectivity index (χ1n) is 11.5. The van der Waals surface area contributed by atoms with Crippen molar-refractivity contribution in [2.24, 2.45) is 5.92 Å². The first-order valence-corrected chi connectivity index (χ1v) is 12.2. The fourth-order valence-corrected chi connectivity index (χ4v) is 4.98. The highest BCUT2D eigenvalue weighted by atomic mass is 35.5. The van der Waals surface area contributed by atoms with E-state index >= 15 is 0 Å². The van der Waals surface area contributed by atoms with Gasteiger partial charge in [-0.1, -0.05) is 49.2 Å². The molecular formula is C26H31Cl2N3O. The number of nitrogens with zero attached hydrogens (tertiary/aromatic N) is 3. The zero-order valence-corrected chi connectivity index (χ0v) is 20.7. The van der Waals surface area contributed by atoms with E-state index in [1.54, 1.807) is 6.07 Å². The normalized spacial score (nSPS) is 17.6. The number of piperidine rings is 1. The molecule has 1 fully saturated rings. The third-order valence-corrected chi connectivity index (χ3v) is 7.21. The Morgan fingerprint density at radius 1 is 1.03 bits per heavy atom. The quantitative estimate of drug-likeness (QED) is 0.419. The summed E-state index contributed by atoms with van der Waals surface area (Å²) in [6.07, 6.45) is 2.33. The topological polar surface area (TPSA) is 38.1 Å². The van der Waals surface area contributed by atoms with Crippen molar-refractivity contribution in [1.82, 2.24) is 14.5 Å². The highest BCUT2D eigenvalue weighted by Crippen LogP contribution is 2.30. The third kappa shape index (κ3) is 4.73. The molecule has 4 rings (SSSR count). The van der Waals surface area contributed by atoms with Crippen LogP contribution in [0.2, 0.25) is 10.0 Å².